The molecule has 1 amide bonds. The lowest BCUT2D eigenvalue weighted by Crippen LogP contribution is -2.42. The van der Waals surface area contributed by atoms with Crippen molar-refractivity contribution in [3.05, 3.63) is 39.4 Å². The SMILES string of the molecule is Cc1ccc(C(=O)NC2CCCCC2CBr)cc1[N+](=O)[O-]. The van der Waals surface area contributed by atoms with Gasteiger partial charge in [-0.1, -0.05) is 34.8 Å². The Morgan fingerprint density at radius 2 is 2.14 bits per heavy atom. The van der Waals surface area contributed by atoms with E-state index in [1.165, 1.54) is 12.5 Å². The molecule has 5 nitrogen and oxygen atoms in total. The van der Waals surface area contributed by atoms with Crippen molar-refractivity contribution < 1.29 is 9.72 Å². The predicted octanol–water partition coefficient (Wildman–Crippen LogP) is 3.59. The van der Waals surface area contributed by atoms with Crippen LogP contribution in [-0.4, -0.2) is 22.2 Å². The first kappa shape index (κ1) is 15.9. The number of carbonyl (C=O) groups is 1. The van der Waals surface area contributed by atoms with Crippen molar-refractivity contribution in [2.24, 2.45) is 5.92 Å². The molecule has 0 aromatic heterocycles. The van der Waals surface area contributed by atoms with Crippen LogP contribution in [0.2, 0.25) is 0 Å². The van der Waals surface area contributed by atoms with Crippen molar-refractivity contribution in [2.45, 2.75) is 38.6 Å². The summed E-state index contributed by atoms with van der Waals surface area (Å²) in [6.45, 7) is 1.67. The maximum atomic E-state index is 12.3. The number of carbonyl (C=O) groups excluding carboxylic acids is 1. The van der Waals surface area contributed by atoms with Gasteiger partial charge in [-0.2, -0.15) is 0 Å². The summed E-state index contributed by atoms with van der Waals surface area (Å²) in [5.41, 5.74) is 0.905. The van der Waals surface area contributed by atoms with Crippen molar-refractivity contribution in [1.82, 2.24) is 5.32 Å². The number of aryl methyl sites for hydroxylation is 1. The number of nitrogens with one attached hydrogen (secondary N) is 1. The van der Waals surface area contributed by atoms with E-state index in [2.05, 4.69) is 21.2 Å². The van der Waals surface area contributed by atoms with Gasteiger partial charge in [-0.3, -0.25) is 14.9 Å². The van der Waals surface area contributed by atoms with Gasteiger partial charge in [-0.05, 0) is 31.7 Å². The normalized spacial score (nSPS) is 21.8. The molecule has 2 rings (SSSR count). The number of nitrogens with zero attached hydrogens (tertiary/aromatic N) is 1. The molecule has 1 aliphatic rings. The molecule has 1 aliphatic carbocycles. The van der Waals surface area contributed by atoms with Crippen LogP contribution in [-0.2, 0) is 0 Å². The van der Waals surface area contributed by atoms with Crippen LogP contribution in [0.4, 0.5) is 5.69 Å². The molecule has 1 fully saturated rings. The molecule has 1 N–H and O–H groups in total. The summed E-state index contributed by atoms with van der Waals surface area (Å²) < 4.78 is 0. The van der Waals surface area contributed by atoms with E-state index in [4.69, 9.17) is 0 Å². The Morgan fingerprint density at radius 3 is 2.81 bits per heavy atom. The second-order valence-electron chi connectivity index (χ2n) is 5.54. The first-order valence-corrected chi connectivity index (χ1v) is 8.27. The van der Waals surface area contributed by atoms with Gasteiger partial charge >= 0.3 is 0 Å². The van der Waals surface area contributed by atoms with Gasteiger partial charge in [0.2, 0.25) is 0 Å². The highest BCUT2D eigenvalue weighted by molar-refractivity contribution is 9.09. The predicted molar refractivity (Wildman–Crippen MR) is 84.8 cm³/mol. The molecule has 21 heavy (non-hydrogen) atoms. The van der Waals surface area contributed by atoms with E-state index in [9.17, 15) is 14.9 Å². The minimum Gasteiger partial charge on any atom is -0.349 e. The van der Waals surface area contributed by atoms with Gasteiger partial charge < -0.3 is 5.32 Å². The van der Waals surface area contributed by atoms with Crippen LogP contribution in [0.3, 0.4) is 0 Å². The lowest BCUT2D eigenvalue weighted by Gasteiger charge is -2.31. The summed E-state index contributed by atoms with van der Waals surface area (Å²) in [5, 5.41) is 14.8. The van der Waals surface area contributed by atoms with Gasteiger partial charge in [0.1, 0.15) is 0 Å². The molecule has 0 aliphatic heterocycles. The number of benzene rings is 1. The highest BCUT2D eigenvalue weighted by Gasteiger charge is 2.26. The second-order valence-corrected chi connectivity index (χ2v) is 6.18. The molecule has 1 aromatic carbocycles. The van der Waals surface area contributed by atoms with Crippen LogP contribution in [0.15, 0.2) is 18.2 Å². The molecule has 2 unspecified atom stereocenters. The zero-order valence-corrected chi connectivity index (χ0v) is 13.6. The molecule has 1 aromatic rings. The summed E-state index contributed by atoms with van der Waals surface area (Å²) in [6.07, 6.45) is 4.38. The highest BCUT2D eigenvalue weighted by atomic mass is 79.9. The third-order valence-electron chi connectivity index (χ3n) is 4.09. The average molecular weight is 355 g/mol. The van der Waals surface area contributed by atoms with Crippen LogP contribution in [0.1, 0.15) is 41.6 Å². The minimum atomic E-state index is -0.450. The van der Waals surface area contributed by atoms with Crippen LogP contribution in [0, 0.1) is 23.0 Å². The van der Waals surface area contributed by atoms with Gasteiger partial charge in [0, 0.05) is 28.6 Å². The number of hydrogen-bond acceptors (Lipinski definition) is 3. The lowest BCUT2D eigenvalue weighted by molar-refractivity contribution is -0.385. The molecule has 114 valence electrons. The average Bonchev–Trinajstić information content (AvgIpc) is 2.47. The van der Waals surface area contributed by atoms with Crippen LogP contribution in [0.25, 0.3) is 0 Å². The third kappa shape index (κ3) is 3.81. The number of halogens is 1. The highest BCUT2D eigenvalue weighted by Crippen LogP contribution is 2.26. The number of nitro groups is 1. The van der Waals surface area contributed by atoms with Gasteiger partial charge in [0.15, 0.2) is 0 Å². The fourth-order valence-electron chi connectivity index (χ4n) is 2.78. The first-order chi connectivity index (χ1) is 10.0. The molecule has 1 saturated carbocycles. The van der Waals surface area contributed by atoms with Crippen molar-refractivity contribution in [3.63, 3.8) is 0 Å². The molecule has 0 radical (unpaired) electrons. The maximum absolute atomic E-state index is 12.3. The fourth-order valence-corrected chi connectivity index (χ4v) is 3.56. The molecular weight excluding hydrogens is 336 g/mol. The minimum absolute atomic E-state index is 0.0108. The van der Waals surface area contributed by atoms with Crippen LogP contribution < -0.4 is 5.32 Å². The standard InChI is InChI=1S/C15H19BrN2O3/c1-10-6-7-11(8-14(10)18(20)21)15(19)17-13-5-3-2-4-12(13)9-16/h6-8,12-13H,2-5,9H2,1H3,(H,17,19). The third-order valence-corrected chi connectivity index (χ3v) is 4.92. The summed E-state index contributed by atoms with van der Waals surface area (Å²) >= 11 is 3.50. The van der Waals surface area contributed by atoms with E-state index < -0.39 is 4.92 Å². The van der Waals surface area contributed by atoms with Crippen molar-refractivity contribution in [3.8, 4) is 0 Å². The van der Waals surface area contributed by atoms with E-state index in [0.29, 0.717) is 17.0 Å². The van der Waals surface area contributed by atoms with E-state index >= 15 is 0 Å². The summed E-state index contributed by atoms with van der Waals surface area (Å²) in [4.78, 5) is 22.8. The van der Waals surface area contributed by atoms with Crippen LogP contribution in [0.5, 0.6) is 0 Å². The van der Waals surface area contributed by atoms with Crippen molar-refractivity contribution in [1.29, 1.82) is 0 Å². The zero-order valence-electron chi connectivity index (χ0n) is 12.0. The van der Waals surface area contributed by atoms with Crippen molar-refractivity contribution >= 4 is 27.5 Å². The Bertz CT molecular complexity index is 548. The Hall–Kier alpha value is -1.43. The number of amides is 1. The smallest absolute Gasteiger partial charge is 0.273 e. The van der Waals surface area contributed by atoms with E-state index in [1.54, 1.807) is 19.1 Å². The van der Waals surface area contributed by atoms with E-state index in [1.807, 2.05) is 0 Å². The summed E-state index contributed by atoms with van der Waals surface area (Å²) in [6, 6.07) is 4.77. The van der Waals surface area contributed by atoms with Gasteiger partial charge in [0.05, 0.1) is 4.92 Å². The molecule has 0 saturated heterocycles. The Morgan fingerprint density at radius 1 is 1.43 bits per heavy atom. The van der Waals surface area contributed by atoms with Crippen molar-refractivity contribution in [2.75, 3.05) is 5.33 Å². The Balaban J connectivity index is 2.13. The fraction of sp³-hybridized carbons (Fsp3) is 0.533. The summed E-state index contributed by atoms with van der Waals surface area (Å²) in [5.74, 6) is 0.207. The lowest BCUT2D eigenvalue weighted by atomic mass is 9.86. The maximum Gasteiger partial charge on any atom is 0.273 e. The van der Waals surface area contributed by atoms with Crippen LogP contribution >= 0.6 is 15.9 Å². The molecule has 2 atom stereocenters. The quantitative estimate of drug-likeness (QED) is 0.510. The number of alkyl halides is 1. The first-order valence-electron chi connectivity index (χ1n) is 7.14. The zero-order chi connectivity index (χ0) is 15.4. The largest absolute Gasteiger partial charge is 0.349 e. The van der Waals surface area contributed by atoms with E-state index in [0.717, 1.165) is 24.6 Å². The Kier molecular flexibility index (Phi) is 5.33. The molecular formula is C15H19BrN2O3. The summed E-state index contributed by atoms with van der Waals surface area (Å²) in [7, 11) is 0. The topological polar surface area (TPSA) is 72.2 Å². The number of hydrogen-bond donors (Lipinski definition) is 1. The number of rotatable bonds is 4. The molecule has 0 bridgehead atoms. The molecule has 0 heterocycles. The monoisotopic (exact) mass is 354 g/mol. The Labute approximate surface area is 132 Å². The second kappa shape index (κ2) is 7.02. The molecule has 0 spiro atoms. The van der Waals surface area contributed by atoms with Gasteiger partial charge in [0.25, 0.3) is 11.6 Å². The van der Waals surface area contributed by atoms with Gasteiger partial charge in [-0.25, -0.2) is 0 Å². The van der Waals surface area contributed by atoms with E-state index in [-0.39, 0.29) is 17.6 Å². The van der Waals surface area contributed by atoms with Gasteiger partial charge in [-0.15, -0.1) is 0 Å². The number of nitro benzene ring substituents is 1. The molecule has 6 heteroatoms.